The van der Waals surface area contributed by atoms with Crippen molar-refractivity contribution >= 4 is 35.7 Å². The molecule has 0 atom stereocenters. The molecule has 14 heavy (non-hydrogen) atoms. The fourth-order valence-electron chi connectivity index (χ4n) is 0.980. The highest BCUT2D eigenvalue weighted by Crippen LogP contribution is 2.22. The quantitative estimate of drug-likeness (QED) is 0.787. The summed E-state index contributed by atoms with van der Waals surface area (Å²) in [6.07, 6.45) is 0. The summed E-state index contributed by atoms with van der Waals surface area (Å²) in [7, 11) is 1.41. The minimum atomic E-state index is -3.64. The topological polar surface area (TPSA) is 34.1 Å². The molecule has 0 spiro atoms. The van der Waals surface area contributed by atoms with Gasteiger partial charge in [0.05, 0.1) is 5.75 Å². The molecule has 78 valence electrons. The first kappa shape index (κ1) is 11.9. The molecule has 0 aliphatic carbocycles. The van der Waals surface area contributed by atoms with Gasteiger partial charge in [0.1, 0.15) is 5.82 Å². The first-order valence-corrected chi connectivity index (χ1v) is 6.93. The Bertz CT molecular complexity index is 435. The Labute approximate surface area is 94.6 Å². The molecule has 0 aromatic heterocycles. The van der Waals surface area contributed by atoms with Crippen molar-refractivity contribution in [2.24, 2.45) is 0 Å². The van der Waals surface area contributed by atoms with E-state index >= 15 is 0 Å². The highest BCUT2D eigenvalue weighted by Gasteiger charge is 2.11. The van der Waals surface area contributed by atoms with E-state index in [2.05, 4.69) is 15.9 Å². The highest BCUT2D eigenvalue weighted by molar-refractivity contribution is 9.10. The zero-order valence-electron chi connectivity index (χ0n) is 7.22. The Morgan fingerprint density at radius 3 is 2.50 bits per heavy atom. The Kier molecular flexibility index (Phi) is 3.55. The van der Waals surface area contributed by atoms with Gasteiger partial charge in [-0.25, -0.2) is 12.8 Å². The van der Waals surface area contributed by atoms with Crippen LogP contribution in [0.4, 0.5) is 4.39 Å². The van der Waals surface area contributed by atoms with Gasteiger partial charge in [-0.1, -0.05) is 15.9 Å². The lowest BCUT2D eigenvalue weighted by molar-refractivity contribution is 0.606. The van der Waals surface area contributed by atoms with Crippen LogP contribution in [0, 0.1) is 12.7 Å². The fraction of sp³-hybridized carbons (Fsp3) is 0.250. The van der Waals surface area contributed by atoms with Crippen LogP contribution in [0.15, 0.2) is 16.6 Å². The molecule has 0 saturated heterocycles. The predicted molar refractivity (Wildman–Crippen MR) is 57.3 cm³/mol. The third-order valence-corrected chi connectivity index (χ3v) is 3.51. The van der Waals surface area contributed by atoms with Gasteiger partial charge in [0, 0.05) is 15.2 Å². The maximum atomic E-state index is 13.1. The van der Waals surface area contributed by atoms with Gasteiger partial charge in [0.2, 0.25) is 9.05 Å². The number of benzene rings is 1. The zero-order chi connectivity index (χ0) is 10.9. The highest BCUT2D eigenvalue weighted by atomic mass is 79.9. The van der Waals surface area contributed by atoms with Gasteiger partial charge in [-0.2, -0.15) is 0 Å². The Morgan fingerprint density at radius 2 is 2.07 bits per heavy atom. The number of hydrogen-bond acceptors (Lipinski definition) is 2. The van der Waals surface area contributed by atoms with Crippen molar-refractivity contribution in [3.8, 4) is 0 Å². The van der Waals surface area contributed by atoms with E-state index in [0.717, 1.165) is 0 Å². The summed E-state index contributed by atoms with van der Waals surface area (Å²) in [4.78, 5) is 0. The molecule has 0 aliphatic rings. The normalized spacial score (nSPS) is 11.7. The van der Waals surface area contributed by atoms with E-state index in [1.54, 1.807) is 13.0 Å². The fourth-order valence-corrected chi connectivity index (χ4v) is 2.41. The second kappa shape index (κ2) is 4.16. The van der Waals surface area contributed by atoms with E-state index in [-0.39, 0.29) is 5.75 Å². The smallest absolute Gasteiger partial charge is 0.212 e. The monoisotopic (exact) mass is 300 g/mol. The average Bonchev–Trinajstić information content (AvgIpc) is 1.96. The number of rotatable bonds is 2. The molecule has 2 nitrogen and oxygen atoms in total. The molecular formula is C8H7BrClFO2S. The van der Waals surface area contributed by atoms with Gasteiger partial charge in [-0.15, -0.1) is 0 Å². The first-order chi connectivity index (χ1) is 6.29. The van der Waals surface area contributed by atoms with Gasteiger partial charge in [0.25, 0.3) is 0 Å². The lowest BCUT2D eigenvalue weighted by Gasteiger charge is -2.03. The largest absolute Gasteiger partial charge is 0.236 e. The van der Waals surface area contributed by atoms with E-state index in [9.17, 15) is 12.8 Å². The molecule has 0 fully saturated rings. The summed E-state index contributed by atoms with van der Waals surface area (Å²) >= 11 is 3.13. The summed E-state index contributed by atoms with van der Waals surface area (Å²) < 4.78 is 35.2. The van der Waals surface area contributed by atoms with E-state index in [1.807, 2.05) is 0 Å². The van der Waals surface area contributed by atoms with Crippen molar-refractivity contribution in [2.75, 3.05) is 0 Å². The maximum Gasteiger partial charge on any atom is 0.236 e. The third-order valence-electron chi connectivity index (χ3n) is 1.68. The molecule has 0 saturated carbocycles. The van der Waals surface area contributed by atoms with Crippen LogP contribution in [-0.2, 0) is 14.8 Å². The summed E-state index contributed by atoms with van der Waals surface area (Å²) in [5.41, 5.74) is 0.774. The first-order valence-electron chi connectivity index (χ1n) is 3.66. The standard InChI is InChI=1S/C8H7BrClFO2S/c1-5-7(9)2-6(3-8(5)11)4-14(10,12)13/h2-3H,4H2,1H3. The predicted octanol–water partition coefficient (Wildman–Crippen LogP) is 2.97. The van der Waals surface area contributed by atoms with Crippen LogP contribution in [-0.4, -0.2) is 8.42 Å². The minimum absolute atomic E-state index is 0.329. The third kappa shape index (κ3) is 3.22. The maximum absolute atomic E-state index is 13.1. The van der Waals surface area contributed by atoms with Crippen LogP contribution in [0.5, 0.6) is 0 Å². The molecule has 1 aromatic carbocycles. The molecule has 6 heteroatoms. The second-order valence-electron chi connectivity index (χ2n) is 2.87. The number of hydrogen-bond donors (Lipinski definition) is 0. The summed E-state index contributed by atoms with van der Waals surface area (Å²) in [6.45, 7) is 1.60. The lowest BCUT2D eigenvalue weighted by atomic mass is 10.2. The van der Waals surface area contributed by atoms with Crippen LogP contribution < -0.4 is 0 Å². The van der Waals surface area contributed by atoms with Gasteiger partial charge < -0.3 is 0 Å². The Hall–Kier alpha value is -0.130. The van der Waals surface area contributed by atoms with Gasteiger partial charge in [-0.05, 0) is 30.2 Å². The molecule has 1 rings (SSSR count). The van der Waals surface area contributed by atoms with Crippen LogP contribution in [0.25, 0.3) is 0 Å². The van der Waals surface area contributed by atoms with E-state index < -0.39 is 14.9 Å². The van der Waals surface area contributed by atoms with Crippen LogP contribution in [0.2, 0.25) is 0 Å². The Balaban J connectivity index is 3.14. The van der Waals surface area contributed by atoms with Crippen molar-refractivity contribution in [1.82, 2.24) is 0 Å². The van der Waals surface area contributed by atoms with Crippen molar-refractivity contribution in [2.45, 2.75) is 12.7 Å². The zero-order valence-corrected chi connectivity index (χ0v) is 10.4. The van der Waals surface area contributed by atoms with Crippen molar-refractivity contribution in [3.63, 3.8) is 0 Å². The molecule has 0 radical (unpaired) electrons. The minimum Gasteiger partial charge on any atom is -0.212 e. The number of halogens is 3. The van der Waals surface area contributed by atoms with E-state index in [0.29, 0.717) is 15.6 Å². The van der Waals surface area contributed by atoms with E-state index in [4.69, 9.17) is 10.7 Å². The molecule has 0 heterocycles. The van der Waals surface area contributed by atoms with Crippen molar-refractivity contribution in [1.29, 1.82) is 0 Å². The second-order valence-corrected chi connectivity index (χ2v) is 6.50. The molecule has 0 unspecified atom stereocenters. The van der Waals surface area contributed by atoms with Crippen molar-refractivity contribution < 1.29 is 12.8 Å². The summed E-state index contributed by atoms with van der Waals surface area (Å²) in [6, 6.07) is 2.71. The molecular weight excluding hydrogens is 295 g/mol. The average molecular weight is 302 g/mol. The van der Waals surface area contributed by atoms with Gasteiger partial charge in [-0.3, -0.25) is 0 Å². The Morgan fingerprint density at radius 1 is 1.50 bits per heavy atom. The summed E-state index contributed by atoms with van der Waals surface area (Å²) in [5, 5.41) is 0. The van der Waals surface area contributed by atoms with Crippen LogP contribution in [0.1, 0.15) is 11.1 Å². The van der Waals surface area contributed by atoms with Crippen LogP contribution >= 0.6 is 26.6 Å². The molecule has 0 amide bonds. The van der Waals surface area contributed by atoms with Crippen molar-refractivity contribution in [3.05, 3.63) is 33.5 Å². The lowest BCUT2D eigenvalue weighted by Crippen LogP contribution is -1.97. The molecule has 0 aliphatic heterocycles. The molecule has 1 aromatic rings. The molecule has 0 bridgehead atoms. The molecule has 0 N–H and O–H groups in total. The van der Waals surface area contributed by atoms with Gasteiger partial charge in [0.15, 0.2) is 0 Å². The van der Waals surface area contributed by atoms with Crippen LogP contribution in [0.3, 0.4) is 0 Å². The van der Waals surface area contributed by atoms with E-state index in [1.165, 1.54) is 6.07 Å². The summed E-state index contributed by atoms with van der Waals surface area (Å²) in [5.74, 6) is -0.820. The van der Waals surface area contributed by atoms with Gasteiger partial charge >= 0.3 is 0 Å². The SMILES string of the molecule is Cc1c(F)cc(CS(=O)(=O)Cl)cc1Br.